The monoisotopic (exact) mass is 402 g/mol. The Labute approximate surface area is 176 Å². The van der Waals surface area contributed by atoms with Crippen LogP contribution in [0.15, 0.2) is 60.7 Å². The van der Waals surface area contributed by atoms with Crippen molar-refractivity contribution in [1.29, 1.82) is 0 Å². The molecule has 1 saturated heterocycles. The number of hydrogen-bond donors (Lipinski definition) is 1. The molecule has 1 fully saturated rings. The van der Waals surface area contributed by atoms with Gasteiger partial charge in [-0.1, -0.05) is 36.4 Å². The third kappa shape index (κ3) is 4.13. The predicted molar refractivity (Wildman–Crippen MR) is 116 cm³/mol. The van der Waals surface area contributed by atoms with E-state index in [9.17, 15) is 9.59 Å². The molecule has 0 saturated carbocycles. The van der Waals surface area contributed by atoms with Crippen LogP contribution in [-0.4, -0.2) is 45.6 Å². The summed E-state index contributed by atoms with van der Waals surface area (Å²) in [6.45, 7) is 5.10. The molecule has 0 atom stereocenters. The van der Waals surface area contributed by atoms with Gasteiger partial charge in [-0.15, -0.1) is 0 Å². The highest BCUT2D eigenvalue weighted by molar-refractivity contribution is 5.96. The number of para-hydroxylation sites is 1. The van der Waals surface area contributed by atoms with Crippen LogP contribution < -0.4 is 5.32 Å². The number of nitrogens with one attached hydrogen (secondary N) is 1. The second-order valence-corrected chi connectivity index (χ2v) is 7.77. The molecule has 6 nitrogen and oxygen atoms in total. The van der Waals surface area contributed by atoms with Gasteiger partial charge in [-0.2, -0.15) is 5.10 Å². The van der Waals surface area contributed by atoms with Gasteiger partial charge in [0.15, 0.2) is 5.69 Å². The molecule has 3 aromatic rings. The highest BCUT2D eigenvalue weighted by Gasteiger charge is 2.26. The lowest BCUT2D eigenvalue weighted by molar-refractivity contribution is 0.0692. The number of nitrogens with zero attached hydrogens (tertiary/aromatic N) is 3. The maximum Gasteiger partial charge on any atom is 0.274 e. The molecule has 2 amide bonds. The number of likely N-dealkylation sites (tertiary alicyclic amines) is 1. The first-order valence-electron chi connectivity index (χ1n) is 10.3. The quantitative estimate of drug-likeness (QED) is 0.726. The Morgan fingerprint density at radius 1 is 0.967 bits per heavy atom. The molecule has 4 rings (SSSR count). The lowest BCUT2D eigenvalue weighted by atomic mass is 10.0. The summed E-state index contributed by atoms with van der Waals surface area (Å²) < 4.78 is 1.79. The number of benzene rings is 2. The molecule has 1 aromatic heterocycles. The minimum atomic E-state index is -0.0588. The van der Waals surface area contributed by atoms with E-state index in [1.165, 1.54) is 0 Å². The van der Waals surface area contributed by atoms with E-state index >= 15 is 0 Å². The molecular formula is C24H26N4O2. The summed E-state index contributed by atoms with van der Waals surface area (Å²) in [6, 6.07) is 19.3. The fourth-order valence-electron chi connectivity index (χ4n) is 3.89. The molecule has 0 bridgehead atoms. The number of carbonyl (C=O) groups excluding carboxylic acids is 2. The van der Waals surface area contributed by atoms with Crippen molar-refractivity contribution in [2.45, 2.75) is 32.7 Å². The summed E-state index contributed by atoms with van der Waals surface area (Å²) in [5.74, 6) is -0.105. The maximum atomic E-state index is 13.0. The van der Waals surface area contributed by atoms with Gasteiger partial charge in [0.1, 0.15) is 0 Å². The maximum absolute atomic E-state index is 13.0. The van der Waals surface area contributed by atoms with Crippen molar-refractivity contribution in [2.75, 3.05) is 13.1 Å². The Balaban J connectivity index is 1.37. The molecule has 0 radical (unpaired) electrons. The first-order chi connectivity index (χ1) is 14.5. The van der Waals surface area contributed by atoms with Gasteiger partial charge < -0.3 is 10.2 Å². The Kier molecular flexibility index (Phi) is 5.65. The number of hydrogen-bond acceptors (Lipinski definition) is 3. The Morgan fingerprint density at radius 3 is 2.33 bits per heavy atom. The molecular weight excluding hydrogens is 376 g/mol. The zero-order chi connectivity index (χ0) is 21.1. The first-order valence-corrected chi connectivity index (χ1v) is 10.3. The number of carbonyl (C=O) groups is 2. The van der Waals surface area contributed by atoms with E-state index in [0.29, 0.717) is 24.3 Å². The lowest BCUT2D eigenvalue weighted by Gasteiger charge is -2.32. The zero-order valence-electron chi connectivity index (χ0n) is 17.3. The number of amides is 2. The second-order valence-electron chi connectivity index (χ2n) is 7.77. The van der Waals surface area contributed by atoms with E-state index in [0.717, 1.165) is 29.8 Å². The summed E-state index contributed by atoms with van der Waals surface area (Å²) in [5, 5.41) is 7.64. The molecule has 2 aromatic carbocycles. The predicted octanol–water partition coefficient (Wildman–Crippen LogP) is 3.52. The fourth-order valence-corrected chi connectivity index (χ4v) is 3.89. The van der Waals surface area contributed by atoms with Gasteiger partial charge in [0.2, 0.25) is 0 Å². The van der Waals surface area contributed by atoms with Crippen LogP contribution in [0.1, 0.15) is 44.9 Å². The van der Waals surface area contributed by atoms with Crippen LogP contribution in [0.25, 0.3) is 5.69 Å². The van der Waals surface area contributed by atoms with Crippen LogP contribution >= 0.6 is 0 Å². The van der Waals surface area contributed by atoms with E-state index < -0.39 is 0 Å². The highest BCUT2D eigenvalue weighted by Crippen LogP contribution is 2.17. The van der Waals surface area contributed by atoms with Gasteiger partial charge in [-0.05, 0) is 56.5 Å². The van der Waals surface area contributed by atoms with E-state index in [2.05, 4.69) is 10.4 Å². The van der Waals surface area contributed by atoms with Crippen molar-refractivity contribution in [1.82, 2.24) is 20.0 Å². The van der Waals surface area contributed by atoms with Gasteiger partial charge in [-0.3, -0.25) is 9.59 Å². The van der Waals surface area contributed by atoms with Crippen molar-refractivity contribution in [3.63, 3.8) is 0 Å². The Hall–Kier alpha value is -3.41. The van der Waals surface area contributed by atoms with Gasteiger partial charge in [-0.25, -0.2) is 4.68 Å². The van der Waals surface area contributed by atoms with Crippen molar-refractivity contribution in [3.05, 3.63) is 83.2 Å². The molecule has 0 spiro atoms. The van der Waals surface area contributed by atoms with E-state index in [1.807, 2.05) is 79.4 Å². The molecule has 1 N–H and O–H groups in total. The molecule has 0 unspecified atom stereocenters. The molecule has 6 heteroatoms. The van der Waals surface area contributed by atoms with Crippen molar-refractivity contribution >= 4 is 11.8 Å². The topological polar surface area (TPSA) is 67.2 Å². The van der Waals surface area contributed by atoms with Gasteiger partial charge in [0.05, 0.1) is 5.69 Å². The van der Waals surface area contributed by atoms with Crippen LogP contribution in [0.5, 0.6) is 0 Å². The number of rotatable bonds is 4. The zero-order valence-corrected chi connectivity index (χ0v) is 17.3. The van der Waals surface area contributed by atoms with Gasteiger partial charge in [0, 0.05) is 30.4 Å². The SMILES string of the molecule is Cc1ccccc1C(=O)NC1CCN(C(=O)c2cc(C)n(-c3ccccc3)n2)CC1. The lowest BCUT2D eigenvalue weighted by Crippen LogP contribution is -2.46. The Morgan fingerprint density at radius 2 is 1.63 bits per heavy atom. The molecule has 2 heterocycles. The molecule has 30 heavy (non-hydrogen) atoms. The number of aromatic nitrogens is 2. The van der Waals surface area contributed by atoms with Crippen molar-refractivity contribution in [3.8, 4) is 5.69 Å². The summed E-state index contributed by atoms with van der Waals surface area (Å²) in [5.41, 5.74) is 3.99. The first kappa shape index (κ1) is 19.9. The third-order valence-corrected chi connectivity index (χ3v) is 5.61. The fraction of sp³-hybridized carbons (Fsp3) is 0.292. The van der Waals surface area contributed by atoms with Crippen LogP contribution in [0.2, 0.25) is 0 Å². The van der Waals surface area contributed by atoms with Crippen LogP contribution in [0, 0.1) is 13.8 Å². The van der Waals surface area contributed by atoms with Crippen LogP contribution in [-0.2, 0) is 0 Å². The molecule has 0 aliphatic carbocycles. The minimum absolute atomic E-state index is 0.0462. The normalized spacial score (nSPS) is 14.5. The average molecular weight is 402 g/mol. The summed E-state index contributed by atoms with van der Waals surface area (Å²) in [6.07, 6.45) is 1.48. The number of piperidine rings is 1. The Bertz CT molecular complexity index is 1050. The van der Waals surface area contributed by atoms with E-state index in [1.54, 1.807) is 4.68 Å². The largest absolute Gasteiger partial charge is 0.349 e. The summed E-state index contributed by atoms with van der Waals surface area (Å²) in [7, 11) is 0. The van der Waals surface area contributed by atoms with Crippen molar-refractivity contribution in [2.24, 2.45) is 0 Å². The third-order valence-electron chi connectivity index (χ3n) is 5.61. The molecule has 1 aliphatic heterocycles. The van der Waals surface area contributed by atoms with E-state index in [4.69, 9.17) is 0 Å². The highest BCUT2D eigenvalue weighted by atomic mass is 16.2. The van der Waals surface area contributed by atoms with Crippen LogP contribution in [0.3, 0.4) is 0 Å². The number of aryl methyl sites for hydroxylation is 2. The second kappa shape index (κ2) is 8.53. The average Bonchev–Trinajstić information content (AvgIpc) is 3.16. The van der Waals surface area contributed by atoms with Gasteiger partial charge >= 0.3 is 0 Å². The van der Waals surface area contributed by atoms with Crippen molar-refractivity contribution < 1.29 is 9.59 Å². The smallest absolute Gasteiger partial charge is 0.274 e. The van der Waals surface area contributed by atoms with Gasteiger partial charge in [0.25, 0.3) is 11.8 Å². The summed E-state index contributed by atoms with van der Waals surface area (Å²) >= 11 is 0. The minimum Gasteiger partial charge on any atom is -0.349 e. The standard InChI is InChI=1S/C24H26N4O2/c1-17-8-6-7-11-21(17)23(29)25-19-12-14-27(15-13-19)24(30)22-16-18(2)28(26-22)20-9-4-3-5-10-20/h3-11,16,19H,12-15H2,1-2H3,(H,25,29). The van der Waals surface area contributed by atoms with Crippen LogP contribution in [0.4, 0.5) is 0 Å². The van der Waals surface area contributed by atoms with E-state index in [-0.39, 0.29) is 17.9 Å². The molecule has 1 aliphatic rings. The molecule has 154 valence electrons. The summed E-state index contributed by atoms with van der Waals surface area (Å²) in [4.78, 5) is 27.3.